The minimum absolute atomic E-state index is 0.119. The Labute approximate surface area is 89.3 Å². The van der Waals surface area contributed by atoms with Crippen molar-refractivity contribution in [3.05, 3.63) is 24.3 Å². The SMILES string of the molecule is O=C1CCCCCN1c1ccccc1O. The van der Waals surface area contributed by atoms with Crippen LogP contribution in [0.15, 0.2) is 24.3 Å². The van der Waals surface area contributed by atoms with Crippen molar-refractivity contribution in [1.29, 1.82) is 0 Å². The summed E-state index contributed by atoms with van der Waals surface area (Å²) in [6.45, 7) is 0.719. The van der Waals surface area contributed by atoms with Crippen molar-refractivity contribution in [2.75, 3.05) is 11.4 Å². The first kappa shape index (κ1) is 10.0. The number of aromatic hydroxyl groups is 1. The average molecular weight is 205 g/mol. The molecule has 1 fully saturated rings. The molecule has 1 aromatic carbocycles. The first-order valence-electron chi connectivity index (χ1n) is 5.37. The summed E-state index contributed by atoms with van der Waals surface area (Å²) in [5, 5.41) is 9.68. The van der Waals surface area contributed by atoms with Crippen molar-refractivity contribution >= 4 is 11.6 Å². The van der Waals surface area contributed by atoms with Gasteiger partial charge < -0.3 is 10.0 Å². The third-order valence-electron chi connectivity index (χ3n) is 2.75. The summed E-state index contributed by atoms with van der Waals surface area (Å²) >= 11 is 0. The molecule has 3 heteroatoms. The zero-order chi connectivity index (χ0) is 10.7. The summed E-state index contributed by atoms with van der Waals surface area (Å²) in [5.74, 6) is 0.307. The molecule has 0 unspecified atom stereocenters. The molecule has 1 saturated heterocycles. The second-order valence-electron chi connectivity index (χ2n) is 3.84. The van der Waals surface area contributed by atoms with Crippen molar-refractivity contribution < 1.29 is 9.90 Å². The van der Waals surface area contributed by atoms with Gasteiger partial charge >= 0.3 is 0 Å². The van der Waals surface area contributed by atoms with Crippen LogP contribution >= 0.6 is 0 Å². The number of benzene rings is 1. The Balaban J connectivity index is 2.28. The number of rotatable bonds is 1. The van der Waals surface area contributed by atoms with Gasteiger partial charge in [-0.3, -0.25) is 4.79 Å². The Morgan fingerprint density at radius 2 is 1.93 bits per heavy atom. The quantitative estimate of drug-likeness (QED) is 0.764. The van der Waals surface area contributed by atoms with Gasteiger partial charge in [-0.2, -0.15) is 0 Å². The minimum Gasteiger partial charge on any atom is -0.506 e. The van der Waals surface area contributed by atoms with E-state index in [4.69, 9.17) is 0 Å². The van der Waals surface area contributed by atoms with Crippen LogP contribution in [0.4, 0.5) is 5.69 Å². The summed E-state index contributed by atoms with van der Waals surface area (Å²) in [4.78, 5) is 13.5. The molecule has 1 amide bonds. The highest BCUT2D eigenvalue weighted by atomic mass is 16.3. The number of nitrogens with zero attached hydrogens (tertiary/aromatic N) is 1. The summed E-state index contributed by atoms with van der Waals surface area (Å²) in [7, 11) is 0. The number of para-hydroxylation sites is 2. The summed E-state index contributed by atoms with van der Waals surface area (Å²) < 4.78 is 0. The second-order valence-corrected chi connectivity index (χ2v) is 3.84. The number of hydrogen-bond acceptors (Lipinski definition) is 2. The molecule has 1 aromatic rings. The molecule has 0 spiro atoms. The molecule has 3 nitrogen and oxygen atoms in total. The van der Waals surface area contributed by atoms with Crippen molar-refractivity contribution in [3.63, 3.8) is 0 Å². The van der Waals surface area contributed by atoms with Crippen LogP contribution in [-0.4, -0.2) is 17.6 Å². The lowest BCUT2D eigenvalue weighted by Gasteiger charge is -2.21. The van der Waals surface area contributed by atoms with Gasteiger partial charge in [0.15, 0.2) is 0 Å². The van der Waals surface area contributed by atoms with Crippen molar-refractivity contribution in [2.45, 2.75) is 25.7 Å². The van der Waals surface area contributed by atoms with E-state index in [1.807, 2.05) is 6.07 Å². The van der Waals surface area contributed by atoms with E-state index in [-0.39, 0.29) is 11.7 Å². The highest BCUT2D eigenvalue weighted by Gasteiger charge is 2.19. The monoisotopic (exact) mass is 205 g/mol. The van der Waals surface area contributed by atoms with E-state index in [0.29, 0.717) is 12.1 Å². The van der Waals surface area contributed by atoms with E-state index in [2.05, 4.69) is 0 Å². The van der Waals surface area contributed by atoms with Gasteiger partial charge in [0, 0.05) is 13.0 Å². The maximum Gasteiger partial charge on any atom is 0.227 e. The summed E-state index contributed by atoms with van der Waals surface area (Å²) in [6, 6.07) is 7.01. The van der Waals surface area contributed by atoms with Crippen molar-refractivity contribution in [3.8, 4) is 5.75 Å². The molecule has 1 aliphatic heterocycles. The lowest BCUT2D eigenvalue weighted by molar-refractivity contribution is -0.118. The summed E-state index contributed by atoms with van der Waals surface area (Å²) in [5.41, 5.74) is 0.643. The molecule has 0 atom stereocenters. The number of hydrogen-bond donors (Lipinski definition) is 1. The summed E-state index contributed by atoms with van der Waals surface area (Å²) in [6.07, 6.45) is 3.66. The molecule has 1 N–H and O–H groups in total. The van der Waals surface area contributed by atoms with Crippen molar-refractivity contribution in [1.82, 2.24) is 0 Å². The van der Waals surface area contributed by atoms with Gasteiger partial charge in [-0.05, 0) is 25.0 Å². The maximum atomic E-state index is 11.8. The fraction of sp³-hybridized carbons (Fsp3) is 0.417. The minimum atomic E-state index is 0.119. The van der Waals surface area contributed by atoms with Crippen LogP contribution in [0.3, 0.4) is 0 Å². The number of carbonyl (C=O) groups is 1. The van der Waals surface area contributed by atoms with E-state index in [1.165, 1.54) is 0 Å². The number of carbonyl (C=O) groups excluding carboxylic acids is 1. The van der Waals surface area contributed by atoms with E-state index < -0.39 is 0 Å². The average Bonchev–Trinajstić information content (AvgIpc) is 2.44. The first-order chi connectivity index (χ1) is 7.29. The molecule has 1 aliphatic rings. The van der Waals surface area contributed by atoms with Crippen LogP contribution in [-0.2, 0) is 4.79 Å². The Morgan fingerprint density at radius 3 is 2.73 bits per heavy atom. The number of amides is 1. The molecule has 80 valence electrons. The molecule has 1 heterocycles. The number of phenols is 1. The van der Waals surface area contributed by atoms with Gasteiger partial charge in [0.1, 0.15) is 5.75 Å². The zero-order valence-corrected chi connectivity index (χ0v) is 8.65. The normalized spacial score (nSPS) is 17.6. The van der Waals surface area contributed by atoms with Crippen LogP contribution in [0.25, 0.3) is 0 Å². The van der Waals surface area contributed by atoms with E-state index in [1.54, 1.807) is 23.1 Å². The molecule has 15 heavy (non-hydrogen) atoms. The largest absolute Gasteiger partial charge is 0.506 e. The molecule has 0 aromatic heterocycles. The maximum absolute atomic E-state index is 11.8. The molecular weight excluding hydrogens is 190 g/mol. The fourth-order valence-electron chi connectivity index (χ4n) is 1.93. The molecule has 0 radical (unpaired) electrons. The van der Waals surface area contributed by atoms with Gasteiger partial charge in [0.25, 0.3) is 0 Å². The van der Waals surface area contributed by atoms with E-state index in [0.717, 1.165) is 25.8 Å². The second kappa shape index (κ2) is 4.34. The molecule has 2 rings (SSSR count). The highest BCUT2D eigenvalue weighted by molar-refractivity contribution is 5.94. The topological polar surface area (TPSA) is 40.5 Å². The smallest absolute Gasteiger partial charge is 0.227 e. The Kier molecular flexibility index (Phi) is 2.90. The van der Waals surface area contributed by atoms with Crippen LogP contribution in [0.5, 0.6) is 5.75 Å². The van der Waals surface area contributed by atoms with E-state index >= 15 is 0 Å². The standard InChI is InChI=1S/C12H15NO2/c14-11-7-4-3-6-10(11)13-9-5-1-2-8-12(13)15/h3-4,6-7,14H,1-2,5,8-9H2. The van der Waals surface area contributed by atoms with Gasteiger partial charge in [-0.15, -0.1) is 0 Å². The molecule has 0 saturated carbocycles. The van der Waals surface area contributed by atoms with Gasteiger partial charge in [-0.1, -0.05) is 18.6 Å². The Morgan fingerprint density at radius 1 is 1.13 bits per heavy atom. The highest BCUT2D eigenvalue weighted by Crippen LogP contribution is 2.28. The molecule has 0 aliphatic carbocycles. The third-order valence-corrected chi connectivity index (χ3v) is 2.75. The first-order valence-corrected chi connectivity index (χ1v) is 5.37. The van der Waals surface area contributed by atoms with Crippen LogP contribution in [0, 0.1) is 0 Å². The molecular formula is C12H15NO2. The Hall–Kier alpha value is -1.51. The van der Waals surface area contributed by atoms with Crippen LogP contribution < -0.4 is 4.90 Å². The fourth-order valence-corrected chi connectivity index (χ4v) is 1.93. The predicted octanol–water partition coefficient (Wildman–Crippen LogP) is 2.30. The Bertz CT molecular complexity index is 362. The third kappa shape index (κ3) is 2.12. The predicted molar refractivity (Wildman–Crippen MR) is 58.9 cm³/mol. The lowest BCUT2D eigenvalue weighted by Crippen LogP contribution is -2.29. The van der Waals surface area contributed by atoms with Gasteiger partial charge in [-0.25, -0.2) is 0 Å². The van der Waals surface area contributed by atoms with Crippen LogP contribution in [0.2, 0.25) is 0 Å². The lowest BCUT2D eigenvalue weighted by atomic mass is 10.2. The van der Waals surface area contributed by atoms with E-state index in [9.17, 15) is 9.90 Å². The number of anilines is 1. The van der Waals surface area contributed by atoms with Crippen LogP contribution in [0.1, 0.15) is 25.7 Å². The molecule has 0 bridgehead atoms. The zero-order valence-electron chi connectivity index (χ0n) is 8.65. The van der Waals surface area contributed by atoms with Crippen molar-refractivity contribution in [2.24, 2.45) is 0 Å². The van der Waals surface area contributed by atoms with Gasteiger partial charge in [0.2, 0.25) is 5.91 Å². The number of phenolic OH excluding ortho intramolecular Hbond substituents is 1. The van der Waals surface area contributed by atoms with Gasteiger partial charge in [0.05, 0.1) is 5.69 Å².